The molecule has 2 heteroatoms. The Morgan fingerprint density at radius 2 is 1.93 bits per heavy atom. The average molecular weight is 212 g/mol. The molecule has 0 saturated heterocycles. The Morgan fingerprint density at radius 3 is 2.60 bits per heavy atom. The summed E-state index contributed by atoms with van der Waals surface area (Å²) in [4.78, 5) is 2.26. The molecule has 0 aliphatic heterocycles. The molecule has 2 nitrogen and oxygen atoms in total. The second-order valence-electron chi connectivity index (χ2n) is 5.64. The zero-order valence-electron chi connectivity index (χ0n) is 10.9. The summed E-state index contributed by atoms with van der Waals surface area (Å²) >= 11 is 0. The van der Waals surface area contributed by atoms with Gasteiger partial charge in [0.25, 0.3) is 0 Å². The van der Waals surface area contributed by atoms with Crippen molar-refractivity contribution >= 4 is 0 Å². The van der Waals surface area contributed by atoms with Crippen LogP contribution in [0.1, 0.15) is 46.0 Å². The van der Waals surface area contributed by atoms with Gasteiger partial charge in [0.05, 0.1) is 0 Å². The van der Waals surface area contributed by atoms with Crippen molar-refractivity contribution in [3.05, 3.63) is 0 Å². The van der Waals surface area contributed by atoms with Gasteiger partial charge in [0.1, 0.15) is 0 Å². The first-order chi connectivity index (χ1) is 7.08. The molecule has 1 rings (SSSR count). The molecule has 3 atom stereocenters. The van der Waals surface area contributed by atoms with E-state index in [4.69, 9.17) is 0 Å². The van der Waals surface area contributed by atoms with E-state index in [9.17, 15) is 0 Å². The van der Waals surface area contributed by atoms with Gasteiger partial charge >= 0.3 is 0 Å². The van der Waals surface area contributed by atoms with Crippen molar-refractivity contribution in [1.82, 2.24) is 10.2 Å². The molecule has 0 bridgehead atoms. The number of hydrogen-bond donors (Lipinski definition) is 1. The molecule has 0 aromatic heterocycles. The van der Waals surface area contributed by atoms with Crippen LogP contribution in [0.3, 0.4) is 0 Å². The van der Waals surface area contributed by atoms with Gasteiger partial charge in [-0.05, 0) is 46.2 Å². The summed E-state index contributed by atoms with van der Waals surface area (Å²) in [7, 11) is 4.29. The van der Waals surface area contributed by atoms with E-state index >= 15 is 0 Å². The van der Waals surface area contributed by atoms with E-state index in [1.54, 1.807) is 0 Å². The Morgan fingerprint density at radius 1 is 1.20 bits per heavy atom. The van der Waals surface area contributed by atoms with Crippen molar-refractivity contribution in [1.29, 1.82) is 0 Å². The summed E-state index contributed by atoms with van der Waals surface area (Å²) in [6.07, 6.45) is 7.00. The van der Waals surface area contributed by atoms with E-state index in [1.165, 1.54) is 32.1 Å². The van der Waals surface area contributed by atoms with Gasteiger partial charge in [-0.25, -0.2) is 0 Å². The molecule has 1 fully saturated rings. The molecular weight excluding hydrogens is 184 g/mol. The second-order valence-corrected chi connectivity index (χ2v) is 5.64. The zero-order chi connectivity index (χ0) is 11.3. The first-order valence-corrected chi connectivity index (χ1v) is 6.48. The molecule has 0 aromatic carbocycles. The minimum atomic E-state index is 0.624. The quantitative estimate of drug-likeness (QED) is 0.720. The van der Waals surface area contributed by atoms with Gasteiger partial charge in [0, 0.05) is 18.6 Å². The SMILES string of the molecule is CC1CCCC(NC(C)CN(C)C)CC1. The van der Waals surface area contributed by atoms with Crippen LogP contribution in [-0.4, -0.2) is 37.6 Å². The predicted molar refractivity (Wildman–Crippen MR) is 67.2 cm³/mol. The van der Waals surface area contributed by atoms with E-state index in [0.717, 1.165) is 18.5 Å². The van der Waals surface area contributed by atoms with Crippen molar-refractivity contribution in [2.75, 3.05) is 20.6 Å². The lowest BCUT2D eigenvalue weighted by atomic mass is 10.0. The lowest BCUT2D eigenvalue weighted by Crippen LogP contribution is -2.41. The number of hydrogen-bond acceptors (Lipinski definition) is 2. The maximum Gasteiger partial charge on any atom is 0.0169 e. The summed E-state index contributed by atoms with van der Waals surface area (Å²) in [5, 5.41) is 3.77. The Labute approximate surface area is 95.4 Å². The smallest absolute Gasteiger partial charge is 0.0169 e. The van der Waals surface area contributed by atoms with Crippen LogP contribution in [0.2, 0.25) is 0 Å². The minimum Gasteiger partial charge on any atom is -0.310 e. The van der Waals surface area contributed by atoms with Crippen LogP contribution in [0, 0.1) is 5.92 Å². The molecule has 1 aliphatic rings. The molecule has 0 heterocycles. The largest absolute Gasteiger partial charge is 0.310 e. The fourth-order valence-electron chi connectivity index (χ4n) is 2.66. The predicted octanol–water partition coefficient (Wildman–Crippen LogP) is 2.49. The Bertz CT molecular complexity index is 168. The highest BCUT2D eigenvalue weighted by Crippen LogP contribution is 2.22. The monoisotopic (exact) mass is 212 g/mol. The van der Waals surface area contributed by atoms with Gasteiger partial charge in [-0.1, -0.05) is 19.8 Å². The van der Waals surface area contributed by atoms with Crippen LogP contribution in [0.15, 0.2) is 0 Å². The Kier molecular flexibility index (Phi) is 5.62. The maximum atomic E-state index is 3.77. The number of nitrogens with one attached hydrogen (secondary N) is 1. The van der Waals surface area contributed by atoms with Crippen molar-refractivity contribution in [3.8, 4) is 0 Å². The number of rotatable bonds is 4. The molecule has 0 amide bonds. The molecule has 0 aromatic rings. The molecule has 1 saturated carbocycles. The molecule has 0 radical (unpaired) electrons. The van der Waals surface area contributed by atoms with E-state index in [0.29, 0.717) is 6.04 Å². The lowest BCUT2D eigenvalue weighted by Gasteiger charge is -2.24. The third-order valence-corrected chi connectivity index (χ3v) is 3.42. The maximum absolute atomic E-state index is 3.77. The minimum absolute atomic E-state index is 0.624. The second kappa shape index (κ2) is 6.49. The number of likely N-dealkylation sites (N-methyl/N-ethyl adjacent to an activating group) is 1. The normalized spacial score (nSPS) is 30.2. The first kappa shape index (κ1) is 13.0. The van der Waals surface area contributed by atoms with Gasteiger partial charge in [-0.3, -0.25) is 0 Å². The van der Waals surface area contributed by atoms with Crippen LogP contribution in [0.5, 0.6) is 0 Å². The lowest BCUT2D eigenvalue weighted by molar-refractivity contribution is 0.316. The highest BCUT2D eigenvalue weighted by Gasteiger charge is 2.17. The highest BCUT2D eigenvalue weighted by molar-refractivity contribution is 4.76. The Balaban J connectivity index is 2.24. The first-order valence-electron chi connectivity index (χ1n) is 6.48. The van der Waals surface area contributed by atoms with Gasteiger partial charge in [-0.15, -0.1) is 0 Å². The van der Waals surface area contributed by atoms with E-state index < -0.39 is 0 Å². The van der Waals surface area contributed by atoms with Crippen molar-refractivity contribution < 1.29 is 0 Å². The third-order valence-electron chi connectivity index (χ3n) is 3.42. The van der Waals surface area contributed by atoms with Crippen LogP contribution in [0.4, 0.5) is 0 Å². The molecule has 1 N–H and O–H groups in total. The summed E-state index contributed by atoms with van der Waals surface area (Å²) in [5.74, 6) is 0.945. The van der Waals surface area contributed by atoms with Crippen LogP contribution >= 0.6 is 0 Å². The summed E-state index contributed by atoms with van der Waals surface area (Å²) in [6.45, 7) is 5.84. The van der Waals surface area contributed by atoms with Gasteiger partial charge in [-0.2, -0.15) is 0 Å². The molecular formula is C13H28N2. The number of nitrogens with zero attached hydrogens (tertiary/aromatic N) is 1. The van der Waals surface area contributed by atoms with Crippen LogP contribution < -0.4 is 5.32 Å². The summed E-state index contributed by atoms with van der Waals surface area (Å²) in [6, 6.07) is 1.39. The van der Waals surface area contributed by atoms with Crippen molar-refractivity contribution in [2.24, 2.45) is 5.92 Å². The summed E-state index contributed by atoms with van der Waals surface area (Å²) < 4.78 is 0. The van der Waals surface area contributed by atoms with Crippen LogP contribution in [0.25, 0.3) is 0 Å². The van der Waals surface area contributed by atoms with E-state index in [2.05, 4.69) is 38.2 Å². The summed E-state index contributed by atoms with van der Waals surface area (Å²) in [5.41, 5.74) is 0. The van der Waals surface area contributed by atoms with E-state index in [1.807, 2.05) is 0 Å². The van der Waals surface area contributed by atoms with Gasteiger partial charge in [0.2, 0.25) is 0 Å². The standard InChI is InChI=1S/C13H28N2/c1-11-6-5-7-13(9-8-11)14-12(2)10-15(3)4/h11-14H,5-10H2,1-4H3. The average Bonchev–Trinajstić information content (AvgIpc) is 2.29. The highest BCUT2D eigenvalue weighted by atomic mass is 15.1. The fraction of sp³-hybridized carbons (Fsp3) is 1.00. The van der Waals surface area contributed by atoms with Crippen LogP contribution in [-0.2, 0) is 0 Å². The van der Waals surface area contributed by atoms with Crippen molar-refractivity contribution in [3.63, 3.8) is 0 Å². The zero-order valence-corrected chi connectivity index (χ0v) is 10.9. The molecule has 3 unspecified atom stereocenters. The van der Waals surface area contributed by atoms with E-state index in [-0.39, 0.29) is 0 Å². The van der Waals surface area contributed by atoms with Gasteiger partial charge < -0.3 is 10.2 Å². The topological polar surface area (TPSA) is 15.3 Å². The Hall–Kier alpha value is -0.0800. The third kappa shape index (κ3) is 5.53. The molecule has 90 valence electrons. The molecule has 0 spiro atoms. The van der Waals surface area contributed by atoms with Crippen molar-refractivity contribution in [2.45, 2.75) is 58.0 Å². The van der Waals surface area contributed by atoms with Gasteiger partial charge in [0.15, 0.2) is 0 Å². The molecule has 1 aliphatic carbocycles. The fourth-order valence-corrected chi connectivity index (χ4v) is 2.66. The molecule has 15 heavy (non-hydrogen) atoms.